The summed E-state index contributed by atoms with van der Waals surface area (Å²) in [6.45, 7) is 1.87. The van der Waals surface area contributed by atoms with E-state index in [-0.39, 0.29) is 5.91 Å². The van der Waals surface area contributed by atoms with Crippen molar-refractivity contribution < 1.29 is 14.3 Å². The molecule has 0 atom stereocenters. The average Bonchev–Trinajstić information content (AvgIpc) is 2.96. The third-order valence-electron chi connectivity index (χ3n) is 4.93. The summed E-state index contributed by atoms with van der Waals surface area (Å²) in [6, 6.07) is 7.28. The molecule has 2 aromatic rings. The van der Waals surface area contributed by atoms with Crippen LogP contribution >= 0.6 is 0 Å². The number of hydrogen-bond donors (Lipinski definition) is 2. The van der Waals surface area contributed by atoms with E-state index in [1.807, 2.05) is 6.92 Å². The number of aryl methyl sites for hydroxylation is 1. The lowest BCUT2D eigenvalue weighted by Crippen LogP contribution is -2.22. The maximum atomic E-state index is 12.8. The minimum atomic E-state index is -0.308. The van der Waals surface area contributed by atoms with Gasteiger partial charge in [0.05, 0.1) is 19.9 Å². The maximum Gasteiger partial charge on any atom is 0.274 e. The first-order valence-corrected chi connectivity index (χ1v) is 9.74. The Hall–Kier alpha value is -2.83. The fourth-order valence-electron chi connectivity index (χ4n) is 3.44. The maximum absolute atomic E-state index is 12.8. The Morgan fingerprint density at radius 3 is 2.46 bits per heavy atom. The molecule has 1 aromatic heterocycles. The Morgan fingerprint density at radius 1 is 1.04 bits per heavy atom. The number of carbonyl (C=O) groups is 1. The molecule has 1 fully saturated rings. The summed E-state index contributed by atoms with van der Waals surface area (Å²) in [6.07, 6.45) is 7.22. The fraction of sp³-hybridized carbons (Fsp3) is 0.476. The molecule has 0 unspecified atom stereocenters. The molecule has 0 saturated heterocycles. The topological polar surface area (TPSA) is 85.4 Å². The zero-order chi connectivity index (χ0) is 19.9. The summed E-state index contributed by atoms with van der Waals surface area (Å²) >= 11 is 0. The molecular weight excluding hydrogens is 356 g/mol. The number of rotatable bonds is 6. The van der Waals surface area contributed by atoms with Gasteiger partial charge in [0.2, 0.25) is 5.95 Å². The van der Waals surface area contributed by atoms with Crippen molar-refractivity contribution in [1.82, 2.24) is 9.97 Å². The fourth-order valence-corrected chi connectivity index (χ4v) is 3.44. The summed E-state index contributed by atoms with van der Waals surface area (Å²) in [4.78, 5) is 21.7. The van der Waals surface area contributed by atoms with E-state index >= 15 is 0 Å². The predicted molar refractivity (Wildman–Crippen MR) is 109 cm³/mol. The third-order valence-corrected chi connectivity index (χ3v) is 4.93. The lowest BCUT2D eigenvalue weighted by molar-refractivity contribution is 0.102. The van der Waals surface area contributed by atoms with Crippen molar-refractivity contribution in [3.05, 3.63) is 35.7 Å². The van der Waals surface area contributed by atoms with Crippen LogP contribution in [-0.2, 0) is 0 Å². The number of methoxy groups -OCH3 is 2. The largest absolute Gasteiger partial charge is 0.497 e. The molecule has 1 amide bonds. The van der Waals surface area contributed by atoms with Crippen molar-refractivity contribution in [3.8, 4) is 11.5 Å². The molecule has 1 saturated carbocycles. The number of ether oxygens (including phenoxy) is 2. The highest BCUT2D eigenvalue weighted by atomic mass is 16.5. The molecule has 150 valence electrons. The Labute approximate surface area is 165 Å². The molecular formula is C21H28N4O3. The van der Waals surface area contributed by atoms with Gasteiger partial charge in [-0.3, -0.25) is 4.79 Å². The highest BCUT2D eigenvalue weighted by molar-refractivity contribution is 6.04. The summed E-state index contributed by atoms with van der Waals surface area (Å²) in [5, 5.41) is 6.27. The summed E-state index contributed by atoms with van der Waals surface area (Å²) in [7, 11) is 3.13. The molecule has 7 nitrogen and oxygen atoms in total. The number of benzene rings is 1. The van der Waals surface area contributed by atoms with Gasteiger partial charge in [-0.2, -0.15) is 0 Å². The van der Waals surface area contributed by atoms with E-state index < -0.39 is 0 Å². The molecule has 28 heavy (non-hydrogen) atoms. The Morgan fingerprint density at radius 2 is 1.79 bits per heavy atom. The number of nitrogens with one attached hydrogen (secondary N) is 2. The van der Waals surface area contributed by atoms with Crippen LogP contribution in [0.4, 0.5) is 11.6 Å². The highest BCUT2D eigenvalue weighted by Gasteiger charge is 2.17. The van der Waals surface area contributed by atoms with Gasteiger partial charge in [0.15, 0.2) is 0 Å². The molecule has 1 aliphatic rings. The predicted octanol–water partition coefficient (Wildman–Crippen LogP) is 4.19. The van der Waals surface area contributed by atoms with Crippen LogP contribution in [-0.4, -0.2) is 36.1 Å². The SMILES string of the molecule is COc1ccc(NC(=O)c2cc(C)nc(NC3CCCCCC3)n2)c(OC)c1. The van der Waals surface area contributed by atoms with E-state index in [1.165, 1.54) is 25.7 Å². The smallest absolute Gasteiger partial charge is 0.274 e. The normalized spacial score (nSPS) is 14.8. The first-order valence-electron chi connectivity index (χ1n) is 9.74. The van der Waals surface area contributed by atoms with Gasteiger partial charge in [-0.15, -0.1) is 0 Å². The van der Waals surface area contributed by atoms with Gasteiger partial charge in [0, 0.05) is 17.8 Å². The van der Waals surface area contributed by atoms with Crippen LogP contribution in [0.2, 0.25) is 0 Å². The van der Waals surface area contributed by atoms with E-state index in [2.05, 4.69) is 20.6 Å². The van der Waals surface area contributed by atoms with Gasteiger partial charge in [0.1, 0.15) is 17.2 Å². The van der Waals surface area contributed by atoms with Crippen LogP contribution in [0, 0.1) is 6.92 Å². The second-order valence-electron chi connectivity index (χ2n) is 7.07. The summed E-state index contributed by atoms with van der Waals surface area (Å²) in [5.41, 5.74) is 1.63. The average molecular weight is 384 g/mol. The van der Waals surface area contributed by atoms with Crippen LogP contribution in [0.15, 0.2) is 24.3 Å². The lowest BCUT2D eigenvalue weighted by Gasteiger charge is -2.17. The Kier molecular flexibility index (Phi) is 6.68. The first-order chi connectivity index (χ1) is 13.6. The molecule has 7 heteroatoms. The van der Waals surface area contributed by atoms with Crippen molar-refractivity contribution in [1.29, 1.82) is 0 Å². The summed E-state index contributed by atoms with van der Waals surface area (Å²) < 4.78 is 10.5. The number of nitrogens with zero attached hydrogens (tertiary/aromatic N) is 2. The molecule has 1 heterocycles. The van der Waals surface area contributed by atoms with E-state index in [9.17, 15) is 4.79 Å². The van der Waals surface area contributed by atoms with Gasteiger partial charge in [0.25, 0.3) is 5.91 Å². The van der Waals surface area contributed by atoms with E-state index in [1.54, 1.807) is 38.5 Å². The molecule has 3 rings (SSSR count). The number of aromatic nitrogens is 2. The number of carbonyl (C=O) groups excluding carboxylic acids is 1. The molecule has 1 aromatic carbocycles. The molecule has 0 aliphatic heterocycles. The molecule has 0 spiro atoms. The number of amides is 1. The monoisotopic (exact) mass is 384 g/mol. The second kappa shape index (κ2) is 9.39. The standard InChI is InChI=1S/C21H28N4O3/c1-14-12-18(25-21(22-14)23-15-8-6-4-5-7-9-15)20(26)24-17-11-10-16(27-2)13-19(17)28-3/h10-13,15H,4-9H2,1-3H3,(H,24,26)(H,22,23,25). The van der Waals surface area contributed by atoms with Gasteiger partial charge < -0.3 is 20.1 Å². The van der Waals surface area contributed by atoms with Crippen molar-refractivity contribution in [2.45, 2.75) is 51.5 Å². The molecule has 0 radical (unpaired) electrons. The van der Waals surface area contributed by atoms with Gasteiger partial charge in [-0.25, -0.2) is 9.97 Å². The number of anilines is 2. The minimum absolute atomic E-state index is 0.308. The third kappa shape index (κ3) is 5.12. The van der Waals surface area contributed by atoms with Crippen LogP contribution in [0.25, 0.3) is 0 Å². The van der Waals surface area contributed by atoms with Crippen LogP contribution in [0.1, 0.15) is 54.7 Å². The second-order valence-corrected chi connectivity index (χ2v) is 7.07. The van der Waals surface area contributed by atoms with Crippen molar-refractivity contribution in [3.63, 3.8) is 0 Å². The molecule has 1 aliphatic carbocycles. The van der Waals surface area contributed by atoms with Gasteiger partial charge >= 0.3 is 0 Å². The minimum Gasteiger partial charge on any atom is -0.497 e. The van der Waals surface area contributed by atoms with Gasteiger partial charge in [-0.05, 0) is 38.0 Å². The van der Waals surface area contributed by atoms with Crippen molar-refractivity contribution in [2.75, 3.05) is 24.9 Å². The van der Waals surface area contributed by atoms with E-state index in [4.69, 9.17) is 9.47 Å². The Bertz CT molecular complexity index is 817. The molecule has 0 bridgehead atoms. The zero-order valence-electron chi connectivity index (χ0n) is 16.7. The van der Waals surface area contributed by atoms with Gasteiger partial charge in [-0.1, -0.05) is 25.7 Å². The summed E-state index contributed by atoms with van der Waals surface area (Å²) in [5.74, 6) is 1.38. The van der Waals surface area contributed by atoms with Crippen molar-refractivity contribution >= 4 is 17.5 Å². The highest BCUT2D eigenvalue weighted by Crippen LogP contribution is 2.29. The zero-order valence-corrected chi connectivity index (χ0v) is 16.7. The van der Waals surface area contributed by atoms with Crippen LogP contribution in [0.3, 0.4) is 0 Å². The quantitative estimate of drug-likeness (QED) is 0.727. The van der Waals surface area contributed by atoms with Crippen LogP contribution in [0.5, 0.6) is 11.5 Å². The first kappa shape index (κ1) is 19.9. The molecule has 2 N–H and O–H groups in total. The van der Waals surface area contributed by atoms with Crippen LogP contribution < -0.4 is 20.1 Å². The van der Waals surface area contributed by atoms with E-state index in [0.717, 1.165) is 18.5 Å². The van der Waals surface area contributed by atoms with E-state index in [0.29, 0.717) is 34.9 Å². The van der Waals surface area contributed by atoms with Crippen molar-refractivity contribution in [2.24, 2.45) is 0 Å². The Balaban J connectivity index is 1.75. The number of hydrogen-bond acceptors (Lipinski definition) is 6. The lowest BCUT2D eigenvalue weighted by atomic mass is 10.1.